The van der Waals surface area contributed by atoms with Crippen LogP contribution in [0, 0.1) is 0 Å². The van der Waals surface area contributed by atoms with Crippen molar-refractivity contribution in [3.05, 3.63) is 29.8 Å². The van der Waals surface area contributed by atoms with Crippen LogP contribution in [0.3, 0.4) is 0 Å². The minimum Gasteiger partial charge on any atom is -0.460 e. The van der Waals surface area contributed by atoms with Crippen molar-refractivity contribution < 1.29 is 14.6 Å². The van der Waals surface area contributed by atoms with Gasteiger partial charge in [0, 0.05) is 0 Å². The maximum Gasteiger partial charge on any atom is 0.320 e. The van der Waals surface area contributed by atoms with E-state index in [1.165, 1.54) is 0 Å². The maximum absolute atomic E-state index is 11.6. The van der Waals surface area contributed by atoms with Gasteiger partial charge in [-0.1, -0.05) is 31.1 Å². The van der Waals surface area contributed by atoms with Crippen LogP contribution in [0.2, 0.25) is 6.82 Å². The van der Waals surface area contributed by atoms with Crippen molar-refractivity contribution in [2.75, 3.05) is 0 Å². The zero-order valence-electron chi connectivity index (χ0n) is 10.9. The van der Waals surface area contributed by atoms with Gasteiger partial charge in [0.2, 0.25) is 0 Å². The molecule has 0 aliphatic heterocycles. The number of hydrogen-bond donors (Lipinski definition) is 1. The number of esters is 1. The van der Waals surface area contributed by atoms with E-state index < -0.39 is 12.5 Å². The molecule has 0 aliphatic rings. The minimum absolute atomic E-state index is 0.234. The first-order valence-electron chi connectivity index (χ1n) is 5.77. The molecule has 0 unspecified atom stereocenters. The van der Waals surface area contributed by atoms with Crippen LogP contribution in [0.5, 0.6) is 0 Å². The van der Waals surface area contributed by atoms with Crippen molar-refractivity contribution in [2.24, 2.45) is 0 Å². The lowest BCUT2D eigenvalue weighted by Crippen LogP contribution is -2.27. The summed E-state index contributed by atoms with van der Waals surface area (Å²) in [5.41, 5.74) is 1.21. The normalized spacial score (nSPS) is 11.1. The fourth-order valence-electron chi connectivity index (χ4n) is 1.51. The molecule has 0 atom stereocenters. The van der Waals surface area contributed by atoms with Gasteiger partial charge in [-0.05, 0) is 31.8 Å². The second-order valence-corrected chi connectivity index (χ2v) is 5.18. The Bertz CT molecular complexity index is 394. The highest BCUT2D eigenvalue weighted by atomic mass is 16.6. The van der Waals surface area contributed by atoms with Crippen LogP contribution in [-0.2, 0) is 16.0 Å². The standard InChI is InChI=1S/C13H19BO3/c1-13(2,3)17-12(15)9-10-6-5-7-11(8-10)14(4)16/h5-8,16H,9H2,1-4H3. The van der Waals surface area contributed by atoms with Crippen molar-refractivity contribution in [1.29, 1.82) is 0 Å². The highest BCUT2D eigenvalue weighted by molar-refractivity contribution is 6.64. The van der Waals surface area contributed by atoms with Crippen LogP contribution in [0.15, 0.2) is 24.3 Å². The van der Waals surface area contributed by atoms with Crippen LogP contribution < -0.4 is 5.46 Å². The molecule has 1 N–H and O–H groups in total. The molecule has 0 bridgehead atoms. The van der Waals surface area contributed by atoms with E-state index in [4.69, 9.17) is 4.74 Å². The van der Waals surface area contributed by atoms with Crippen molar-refractivity contribution in [3.63, 3.8) is 0 Å². The molecule has 0 aromatic heterocycles. The highest BCUT2D eigenvalue weighted by Gasteiger charge is 2.17. The fraction of sp³-hybridized carbons (Fsp3) is 0.462. The molecule has 92 valence electrons. The Balaban J connectivity index is 2.69. The summed E-state index contributed by atoms with van der Waals surface area (Å²) in [6.45, 7) is 6.71. The molecule has 17 heavy (non-hydrogen) atoms. The monoisotopic (exact) mass is 234 g/mol. The number of ether oxygens (including phenoxy) is 1. The third kappa shape index (κ3) is 5.05. The zero-order valence-corrected chi connectivity index (χ0v) is 10.9. The lowest BCUT2D eigenvalue weighted by atomic mass is 9.64. The summed E-state index contributed by atoms with van der Waals surface area (Å²) in [5, 5.41) is 9.45. The molecule has 0 amide bonds. The molecule has 0 aliphatic carbocycles. The molecule has 1 rings (SSSR count). The second-order valence-electron chi connectivity index (χ2n) is 5.18. The second kappa shape index (κ2) is 5.36. The third-order valence-corrected chi connectivity index (χ3v) is 2.20. The predicted octanol–water partition coefficient (Wildman–Crippen LogP) is 1.39. The minimum atomic E-state index is -0.520. The van der Waals surface area contributed by atoms with Gasteiger partial charge in [-0.15, -0.1) is 0 Å². The van der Waals surface area contributed by atoms with E-state index in [2.05, 4.69) is 0 Å². The molecule has 0 saturated carbocycles. The lowest BCUT2D eigenvalue weighted by Gasteiger charge is -2.19. The molecular formula is C13H19BO3. The SMILES string of the molecule is CB(O)c1cccc(CC(=O)OC(C)(C)C)c1. The van der Waals surface area contributed by atoms with Gasteiger partial charge in [0.25, 0.3) is 0 Å². The van der Waals surface area contributed by atoms with Crippen molar-refractivity contribution in [3.8, 4) is 0 Å². The van der Waals surface area contributed by atoms with Gasteiger partial charge >= 0.3 is 12.9 Å². The Morgan fingerprint density at radius 2 is 2.06 bits per heavy atom. The summed E-state index contributed by atoms with van der Waals surface area (Å²) >= 11 is 0. The molecular weight excluding hydrogens is 215 g/mol. The van der Waals surface area contributed by atoms with Gasteiger partial charge in [0.05, 0.1) is 6.42 Å². The number of carbonyl (C=O) groups is 1. The highest BCUT2D eigenvalue weighted by Crippen LogP contribution is 2.09. The van der Waals surface area contributed by atoms with E-state index in [9.17, 15) is 9.82 Å². The summed E-state index contributed by atoms with van der Waals surface area (Å²) in [7, 11) is 0. The Morgan fingerprint density at radius 3 is 2.59 bits per heavy atom. The fourth-order valence-corrected chi connectivity index (χ4v) is 1.51. The summed E-state index contributed by atoms with van der Waals surface area (Å²) in [6.07, 6.45) is 0.234. The van der Waals surface area contributed by atoms with E-state index in [0.717, 1.165) is 11.0 Å². The summed E-state index contributed by atoms with van der Waals surface area (Å²) in [6, 6.07) is 7.36. The van der Waals surface area contributed by atoms with Crippen molar-refractivity contribution >= 4 is 18.3 Å². The van der Waals surface area contributed by atoms with Crippen LogP contribution in [0.1, 0.15) is 26.3 Å². The smallest absolute Gasteiger partial charge is 0.320 e. The van der Waals surface area contributed by atoms with E-state index in [-0.39, 0.29) is 12.4 Å². The molecule has 1 aromatic carbocycles. The average Bonchev–Trinajstić information content (AvgIpc) is 2.14. The Hall–Kier alpha value is -1.29. The predicted molar refractivity (Wildman–Crippen MR) is 69.5 cm³/mol. The van der Waals surface area contributed by atoms with Crippen molar-refractivity contribution in [2.45, 2.75) is 39.6 Å². The quantitative estimate of drug-likeness (QED) is 0.635. The first-order valence-corrected chi connectivity index (χ1v) is 5.77. The van der Waals surface area contributed by atoms with Crippen LogP contribution in [0.4, 0.5) is 0 Å². The first-order chi connectivity index (χ1) is 7.78. The average molecular weight is 234 g/mol. The van der Waals surface area contributed by atoms with Crippen LogP contribution in [0.25, 0.3) is 0 Å². The van der Waals surface area contributed by atoms with Gasteiger partial charge in [-0.2, -0.15) is 0 Å². The van der Waals surface area contributed by atoms with Gasteiger partial charge in [0.15, 0.2) is 0 Å². The largest absolute Gasteiger partial charge is 0.460 e. The van der Waals surface area contributed by atoms with Gasteiger partial charge < -0.3 is 9.76 Å². The Labute approximate surface area is 103 Å². The molecule has 0 fully saturated rings. The van der Waals surface area contributed by atoms with Crippen LogP contribution in [-0.4, -0.2) is 23.5 Å². The van der Waals surface area contributed by atoms with E-state index >= 15 is 0 Å². The first kappa shape index (κ1) is 13.8. The van der Waals surface area contributed by atoms with E-state index in [1.54, 1.807) is 6.82 Å². The maximum atomic E-state index is 11.6. The number of carbonyl (C=O) groups excluding carboxylic acids is 1. The summed E-state index contributed by atoms with van der Waals surface area (Å²) < 4.78 is 5.24. The zero-order chi connectivity index (χ0) is 13.1. The lowest BCUT2D eigenvalue weighted by molar-refractivity contribution is -0.153. The van der Waals surface area contributed by atoms with E-state index in [0.29, 0.717) is 0 Å². The number of rotatable bonds is 3. The third-order valence-electron chi connectivity index (χ3n) is 2.20. The molecule has 4 heteroatoms. The molecule has 3 nitrogen and oxygen atoms in total. The summed E-state index contributed by atoms with van der Waals surface area (Å²) in [4.78, 5) is 11.6. The van der Waals surface area contributed by atoms with Gasteiger partial charge in [-0.25, -0.2) is 0 Å². The molecule has 1 aromatic rings. The van der Waals surface area contributed by atoms with Gasteiger partial charge in [0.1, 0.15) is 5.60 Å². The molecule has 0 spiro atoms. The molecule has 0 heterocycles. The van der Waals surface area contributed by atoms with Crippen molar-refractivity contribution in [1.82, 2.24) is 0 Å². The summed E-state index contributed by atoms with van der Waals surface area (Å²) in [5.74, 6) is -0.250. The molecule has 0 saturated heterocycles. The van der Waals surface area contributed by atoms with Crippen LogP contribution >= 0.6 is 0 Å². The Morgan fingerprint density at radius 1 is 1.41 bits per heavy atom. The molecule has 0 radical (unpaired) electrons. The topological polar surface area (TPSA) is 46.5 Å². The van der Waals surface area contributed by atoms with E-state index in [1.807, 2.05) is 45.0 Å². The Kier molecular flexibility index (Phi) is 4.35. The number of benzene rings is 1. The van der Waals surface area contributed by atoms with Gasteiger partial charge in [-0.3, -0.25) is 4.79 Å². The number of hydrogen-bond acceptors (Lipinski definition) is 3.